The molecule has 1 aromatic heterocycles. The van der Waals surface area contributed by atoms with E-state index in [1.165, 1.54) is 16.0 Å². The molecule has 0 bridgehead atoms. The zero-order chi connectivity index (χ0) is 16.9. The number of likely N-dealkylation sites (N-methyl/N-ethyl adjacent to an activating group) is 1. The van der Waals surface area contributed by atoms with Crippen LogP contribution in [0, 0.1) is 0 Å². The quantitative estimate of drug-likeness (QED) is 0.840. The Hall–Kier alpha value is -1.69. The number of fused-ring (bicyclic) bond motifs is 1. The lowest BCUT2D eigenvalue weighted by Crippen LogP contribution is -2.40. The van der Waals surface area contributed by atoms with Gasteiger partial charge in [0.2, 0.25) is 5.91 Å². The fourth-order valence-corrected chi connectivity index (χ4v) is 4.16. The number of thiophene rings is 1. The number of hydrogen-bond acceptors (Lipinski definition) is 4. The van der Waals surface area contributed by atoms with E-state index in [1.54, 1.807) is 16.2 Å². The molecule has 1 amide bonds. The molecule has 5 heteroatoms. The third-order valence-corrected chi connectivity index (χ3v) is 5.53. The molecular weight excluding hydrogens is 320 g/mol. The molecule has 0 spiro atoms. The van der Waals surface area contributed by atoms with E-state index < -0.39 is 0 Å². The molecule has 3 rings (SSSR count). The number of aliphatic hydroxyl groups excluding tert-OH is 1. The van der Waals surface area contributed by atoms with Gasteiger partial charge in [-0.1, -0.05) is 30.3 Å². The highest BCUT2D eigenvalue weighted by molar-refractivity contribution is 7.09. The number of amides is 1. The Morgan fingerprint density at radius 3 is 2.88 bits per heavy atom. The molecule has 2 aromatic rings. The highest BCUT2D eigenvalue weighted by atomic mass is 32.1. The average Bonchev–Trinajstić information content (AvgIpc) is 3.23. The Morgan fingerprint density at radius 1 is 1.29 bits per heavy atom. The first kappa shape index (κ1) is 17.1. The zero-order valence-corrected chi connectivity index (χ0v) is 14.8. The maximum absolute atomic E-state index is 12.6. The molecule has 1 atom stereocenters. The molecule has 1 aliphatic carbocycles. The lowest BCUT2D eigenvalue weighted by atomic mass is 10.1. The SMILES string of the molecule is CN(Cc1cccs1)C(=O)CN(CCO)C1CCc2ccccc21. The van der Waals surface area contributed by atoms with Crippen LogP contribution in [0.4, 0.5) is 0 Å². The van der Waals surface area contributed by atoms with Gasteiger partial charge in [-0.25, -0.2) is 0 Å². The Bertz CT molecular complexity index is 672. The van der Waals surface area contributed by atoms with Gasteiger partial charge in [-0.05, 0) is 35.4 Å². The predicted octanol–water partition coefficient (Wildman–Crippen LogP) is 2.69. The molecule has 0 saturated carbocycles. The zero-order valence-electron chi connectivity index (χ0n) is 14.0. The molecular formula is C19H24N2O2S. The van der Waals surface area contributed by atoms with Crippen LogP contribution in [0.15, 0.2) is 41.8 Å². The first-order valence-electron chi connectivity index (χ1n) is 8.38. The van der Waals surface area contributed by atoms with Crippen LogP contribution in [0.5, 0.6) is 0 Å². The Balaban J connectivity index is 1.67. The van der Waals surface area contributed by atoms with Gasteiger partial charge >= 0.3 is 0 Å². The van der Waals surface area contributed by atoms with Crippen molar-refractivity contribution in [1.29, 1.82) is 0 Å². The van der Waals surface area contributed by atoms with Crippen molar-refractivity contribution >= 4 is 17.2 Å². The molecule has 1 N–H and O–H groups in total. The molecule has 1 heterocycles. The lowest BCUT2D eigenvalue weighted by molar-refractivity contribution is -0.132. The summed E-state index contributed by atoms with van der Waals surface area (Å²) in [6.45, 7) is 1.59. The van der Waals surface area contributed by atoms with Gasteiger partial charge in [0, 0.05) is 24.5 Å². The topological polar surface area (TPSA) is 43.8 Å². The van der Waals surface area contributed by atoms with Gasteiger partial charge in [0.05, 0.1) is 19.7 Å². The van der Waals surface area contributed by atoms with Gasteiger partial charge in [-0.3, -0.25) is 9.69 Å². The fraction of sp³-hybridized carbons (Fsp3) is 0.421. The number of hydrogen-bond donors (Lipinski definition) is 1. The van der Waals surface area contributed by atoms with Crippen LogP contribution in [0.25, 0.3) is 0 Å². The number of nitrogens with zero attached hydrogens (tertiary/aromatic N) is 2. The highest BCUT2D eigenvalue weighted by Gasteiger charge is 2.29. The van der Waals surface area contributed by atoms with Crippen molar-refractivity contribution in [3.8, 4) is 0 Å². The van der Waals surface area contributed by atoms with Gasteiger partial charge < -0.3 is 10.0 Å². The van der Waals surface area contributed by atoms with Gasteiger partial charge in [0.25, 0.3) is 0 Å². The largest absolute Gasteiger partial charge is 0.395 e. The summed E-state index contributed by atoms with van der Waals surface area (Å²) < 4.78 is 0. The summed E-state index contributed by atoms with van der Waals surface area (Å²) in [5.74, 6) is 0.0984. The summed E-state index contributed by atoms with van der Waals surface area (Å²) in [5.41, 5.74) is 2.67. The summed E-state index contributed by atoms with van der Waals surface area (Å²) >= 11 is 1.67. The molecule has 1 unspecified atom stereocenters. The van der Waals surface area contributed by atoms with Crippen molar-refractivity contribution in [1.82, 2.24) is 9.80 Å². The first-order chi connectivity index (χ1) is 11.7. The second-order valence-corrected chi connectivity index (χ2v) is 7.31. The average molecular weight is 344 g/mol. The monoisotopic (exact) mass is 344 g/mol. The first-order valence-corrected chi connectivity index (χ1v) is 9.26. The van der Waals surface area contributed by atoms with E-state index in [0.29, 0.717) is 19.6 Å². The Morgan fingerprint density at radius 2 is 2.12 bits per heavy atom. The van der Waals surface area contributed by atoms with E-state index in [2.05, 4.69) is 29.2 Å². The molecule has 0 saturated heterocycles. The van der Waals surface area contributed by atoms with Crippen molar-refractivity contribution in [2.45, 2.75) is 25.4 Å². The number of aryl methyl sites for hydroxylation is 1. The summed E-state index contributed by atoms with van der Waals surface area (Å²) in [6, 6.07) is 12.7. The van der Waals surface area contributed by atoms with Crippen molar-refractivity contribution in [3.63, 3.8) is 0 Å². The summed E-state index contributed by atoms with van der Waals surface area (Å²) in [5, 5.41) is 11.5. The summed E-state index contributed by atoms with van der Waals surface area (Å²) in [4.78, 5) is 17.7. The highest BCUT2D eigenvalue weighted by Crippen LogP contribution is 2.35. The van der Waals surface area contributed by atoms with Crippen LogP contribution >= 0.6 is 11.3 Å². The Labute approximate surface area is 147 Å². The van der Waals surface area contributed by atoms with Crippen molar-refractivity contribution < 1.29 is 9.90 Å². The Kier molecular flexibility index (Phi) is 5.66. The lowest BCUT2D eigenvalue weighted by Gasteiger charge is -2.30. The smallest absolute Gasteiger partial charge is 0.236 e. The van der Waals surface area contributed by atoms with Crippen molar-refractivity contribution in [2.24, 2.45) is 0 Å². The van der Waals surface area contributed by atoms with E-state index in [9.17, 15) is 9.90 Å². The molecule has 0 radical (unpaired) electrons. The maximum Gasteiger partial charge on any atom is 0.236 e. The molecule has 1 aromatic carbocycles. The molecule has 0 fully saturated rings. The minimum atomic E-state index is 0.0700. The molecule has 24 heavy (non-hydrogen) atoms. The van der Waals surface area contributed by atoms with E-state index in [4.69, 9.17) is 0 Å². The molecule has 4 nitrogen and oxygen atoms in total. The van der Waals surface area contributed by atoms with Gasteiger partial charge in [0.1, 0.15) is 0 Å². The number of carbonyl (C=O) groups excluding carboxylic acids is 1. The van der Waals surface area contributed by atoms with Crippen LogP contribution in [-0.4, -0.2) is 47.6 Å². The number of aliphatic hydroxyl groups is 1. The normalized spacial score (nSPS) is 16.4. The van der Waals surface area contributed by atoms with Crippen LogP contribution in [0.1, 0.15) is 28.5 Å². The maximum atomic E-state index is 12.6. The minimum Gasteiger partial charge on any atom is -0.395 e. The van der Waals surface area contributed by atoms with E-state index in [-0.39, 0.29) is 18.6 Å². The van der Waals surface area contributed by atoms with Crippen molar-refractivity contribution in [2.75, 3.05) is 26.7 Å². The van der Waals surface area contributed by atoms with Crippen LogP contribution in [0.2, 0.25) is 0 Å². The number of benzene rings is 1. The third kappa shape index (κ3) is 3.86. The van der Waals surface area contributed by atoms with Crippen LogP contribution in [0.3, 0.4) is 0 Å². The second-order valence-electron chi connectivity index (χ2n) is 6.28. The molecule has 128 valence electrons. The predicted molar refractivity (Wildman–Crippen MR) is 97.0 cm³/mol. The van der Waals surface area contributed by atoms with Crippen molar-refractivity contribution in [3.05, 3.63) is 57.8 Å². The van der Waals surface area contributed by atoms with E-state index >= 15 is 0 Å². The van der Waals surface area contributed by atoms with E-state index in [0.717, 1.165) is 12.8 Å². The van der Waals surface area contributed by atoms with Crippen LogP contribution in [-0.2, 0) is 17.8 Å². The van der Waals surface area contributed by atoms with Gasteiger partial charge in [-0.2, -0.15) is 0 Å². The van der Waals surface area contributed by atoms with Gasteiger partial charge in [-0.15, -0.1) is 11.3 Å². The van der Waals surface area contributed by atoms with Gasteiger partial charge in [0.15, 0.2) is 0 Å². The van der Waals surface area contributed by atoms with Crippen LogP contribution < -0.4 is 0 Å². The number of rotatable bonds is 7. The fourth-order valence-electron chi connectivity index (χ4n) is 3.41. The molecule has 1 aliphatic rings. The summed E-state index contributed by atoms with van der Waals surface area (Å²) in [6.07, 6.45) is 2.06. The molecule has 0 aliphatic heterocycles. The standard InChI is InChI=1S/C19H24N2O2S/c1-20(13-16-6-4-12-24-16)19(23)14-21(10-11-22)18-9-8-15-5-2-3-7-17(15)18/h2-7,12,18,22H,8-11,13-14H2,1H3. The van der Waals surface area contributed by atoms with E-state index in [1.807, 2.05) is 24.6 Å². The number of carbonyl (C=O) groups is 1. The summed E-state index contributed by atoms with van der Waals surface area (Å²) in [7, 11) is 1.85. The third-order valence-electron chi connectivity index (χ3n) is 4.67. The minimum absolute atomic E-state index is 0.0700. The second kappa shape index (κ2) is 7.92.